The molecule has 0 aliphatic heterocycles. The molecule has 0 unspecified atom stereocenters. The Morgan fingerprint density at radius 3 is 2.26 bits per heavy atom. The minimum absolute atomic E-state index is 0.669. The largest absolute Gasteiger partial charge is 0.309 e. The number of nitrogens with zero attached hydrogens (tertiary/aromatic N) is 1. The van der Waals surface area contributed by atoms with E-state index in [0.29, 0.717) is 6.42 Å². The Kier molecular flexibility index (Phi) is 4.47. The summed E-state index contributed by atoms with van der Waals surface area (Å²) in [6.07, 6.45) is 6.20. The maximum Gasteiger partial charge on any atom is 0.150 e. The zero-order valence-corrected chi connectivity index (χ0v) is 15.2. The summed E-state index contributed by atoms with van der Waals surface area (Å²) in [4.78, 5) is 11.6. The molecule has 0 radical (unpaired) electrons. The standard InChI is InChI=1S/C25H21NO/c1-3-8-18-12-13-22-23-15-20(17-27)19(9-4-2)16-25(23)26(24(22)14-18)21-10-6-5-7-11-21/h3-7,10-17H,1-2,8-9H2. The third-order valence-electron chi connectivity index (χ3n) is 4.98. The molecule has 0 aliphatic carbocycles. The quantitative estimate of drug-likeness (QED) is 0.306. The molecule has 2 heteroatoms. The first-order valence-electron chi connectivity index (χ1n) is 9.09. The van der Waals surface area contributed by atoms with Gasteiger partial charge in [0.15, 0.2) is 0 Å². The number of hydrogen-bond donors (Lipinski definition) is 0. The summed E-state index contributed by atoms with van der Waals surface area (Å²) >= 11 is 0. The van der Waals surface area contributed by atoms with Crippen LogP contribution in [0, 0.1) is 0 Å². The van der Waals surface area contributed by atoms with Gasteiger partial charge in [-0.1, -0.05) is 42.5 Å². The van der Waals surface area contributed by atoms with E-state index in [0.717, 1.165) is 51.3 Å². The van der Waals surface area contributed by atoms with Crippen molar-refractivity contribution in [3.05, 3.63) is 103 Å². The summed E-state index contributed by atoms with van der Waals surface area (Å²) in [5, 5.41) is 2.24. The Bertz CT molecular complexity index is 1170. The monoisotopic (exact) mass is 351 g/mol. The van der Waals surface area contributed by atoms with Crippen LogP contribution in [0.1, 0.15) is 21.5 Å². The third-order valence-corrected chi connectivity index (χ3v) is 4.98. The molecular weight excluding hydrogens is 330 g/mol. The molecule has 0 saturated carbocycles. The van der Waals surface area contributed by atoms with Gasteiger partial charge in [-0.3, -0.25) is 4.79 Å². The van der Waals surface area contributed by atoms with Crippen LogP contribution in [-0.4, -0.2) is 10.9 Å². The molecule has 0 spiro atoms. The Morgan fingerprint density at radius 2 is 1.56 bits per heavy atom. The molecule has 0 N–H and O–H groups in total. The van der Waals surface area contributed by atoms with Gasteiger partial charge in [-0.2, -0.15) is 0 Å². The number of aromatic nitrogens is 1. The molecule has 3 aromatic carbocycles. The predicted octanol–water partition coefficient (Wildman–Crippen LogP) is 6.05. The second-order valence-corrected chi connectivity index (χ2v) is 6.69. The number of rotatable bonds is 6. The highest BCUT2D eigenvalue weighted by atomic mass is 16.1. The first kappa shape index (κ1) is 17.0. The topological polar surface area (TPSA) is 22.0 Å². The van der Waals surface area contributed by atoms with Crippen molar-refractivity contribution in [3.8, 4) is 5.69 Å². The van der Waals surface area contributed by atoms with E-state index < -0.39 is 0 Å². The molecule has 0 atom stereocenters. The molecule has 2 nitrogen and oxygen atoms in total. The van der Waals surface area contributed by atoms with Gasteiger partial charge in [0.05, 0.1) is 11.0 Å². The van der Waals surface area contributed by atoms with Gasteiger partial charge in [-0.15, -0.1) is 13.2 Å². The lowest BCUT2D eigenvalue weighted by Crippen LogP contribution is -1.96. The molecule has 0 bridgehead atoms. The SMILES string of the molecule is C=CCc1ccc2c3cc(C=O)c(CC=C)cc3n(-c3ccccc3)c2c1. The average Bonchev–Trinajstić information content (AvgIpc) is 3.01. The number of hydrogen-bond acceptors (Lipinski definition) is 1. The van der Waals surface area contributed by atoms with Gasteiger partial charge in [0.2, 0.25) is 0 Å². The zero-order chi connectivity index (χ0) is 18.8. The Labute approximate surface area is 159 Å². The summed E-state index contributed by atoms with van der Waals surface area (Å²) in [5.41, 5.74) is 6.30. The van der Waals surface area contributed by atoms with Crippen LogP contribution in [0.5, 0.6) is 0 Å². The van der Waals surface area contributed by atoms with Gasteiger partial charge < -0.3 is 4.57 Å². The van der Waals surface area contributed by atoms with Crippen LogP contribution >= 0.6 is 0 Å². The summed E-state index contributed by atoms with van der Waals surface area (Å²) < 4.78 is 2.28. The van der Waals surface area contributed by atoms with Gasteiger partial charge in [-0.25, -0.2) is 0 Å². The van der Waals surface area contributed by atoms with E-state index in [1.54, 1.807) is 0 Å². The molecular formula is C25H21NO. The van der Waals surface area contributed by atoms with E-state index in [1.165, 1.54) is 5.56 Å². The Morgan fingerprint density at radius 1 is 0.815 bits per heavy atom. The molecule has 4 rings (SSSR count). The molecule has 1 aromatic heterocycles. The lowest BCUT2D eigenvalue weighted by atomic mass is 10.0. The van der Waals surface area contributed by atoms with Crippen molar-refractivity contribution >= 4 is 28.1 Å². The average molecular weight is 351 g/mol. The molecule has 0 fully saturated rings. The van der Waals surface area contributed by atoms with Crippen molar-refractivity contribution in [2.75, 3.05) is 0 Å². The third kappa shape index (κ3) is 2.89. The smallest absolute Gasteiger partial charge is 0.150 e. The number of para-hydroxylation sites is 1. The molecule has 0 amide bonds. The fraction of sp³-hybridized carbons (Fsp3) is 0.0800. The van der Waals surface area contributed by atoms with E-state index >= 15 is 0 Å². The van der Waals surface area contributed by atoms with Gasteiger partial charge in [0, 0.05) is 22.0 Å². The number of aldehydes is 1. The summed E-state index contributed by atoms with van der Waals surface area (Å²) in [6.45, 7) is 7.69. The zero-order valence-electron chi connectivity index (χ0n) is 15.2. The lowest BCUT2D eigenvalue weighted by Gasteiger charge is -2.09. The predicted molar refractivity (Wildman–Crippen MR) is 114 cm³/mol. The minimum Gasteiger partial charge on any atom is -0.309 e. The second kappa shape index (κ2) is 7.08. The van der Waals surface area contributed by atoms with Crippen LogP contribution in [0.15, 0.2) is 86.0 Å². The van der Waals surface area contributed by atoms with Crippen molar-refractivity contribution in [1.82, 2.24) is 4.57 Å². The first-order valence-corrected chi connectivity index (χ1v) is 9.09. The van der Waals surface area contributed by atoms with Crippen molar-refractivity contribution < 1.29 is 4.79 Å². The maximum absolute atomic E-state index is 11.6. The fourth-order valence-electron chi connectivity index (χ4n) is 3.76. The van der Waals surface area contributed by atoms with Crippen LogP contribution in [0.3, 0.4) is 0 Å². The van der Waals surface area contributed by atoms with Crippen molar-refractivity contribution in [1.29, 1.82) is 0 Å². The van der Waals surface area contributed by atoms with E-state index in [1.807, 2.05) is 36.4 Å². The Hall–Kier alpha value is -3.39. The van der Waals surface area contributed by atoms with E-state index in [-0.39, 0.29) is 0 Å². The van der Waals surface area contributed by atoms with Crippen LogP contribution < -0.4 is 0 Å². The molecule has 132 valence electrons. The summed E-state index contributed by atoms with van der Waals surface area (Å²) in [7, 11) is 0. The number of fused-ring (bicyclic) bond motifs is 3. The highest BCUT2D eigenvalue weighted by Crippen LogP contribution is 2.34. The van der Waals surface area contributed by atoms with Crippen molar-refractivity contribution in [3.63, 3.8) is 0 Å². The van der Waals surface area contributed by atoms with Gasteiger partial charge in [0.25, 0.3) is 0 Å². The summed E-state index contributed by atoms with van der Waals surface area (Å²) in [5.74, 6) is 0. The van der Waals surface area contributed by atoms with E-state index in [4.69, 9.17) is 0 Å². The minimum atomic E-state index is 0.669. The molecule has 27 heavy (non-hydrogen) atoms. The van der Waals surface area contributed by atoms with Crippen molar-refractivity contribution in [2.24, 2.45) is 0 Å². The van der Waals surface area contributed by atoms with Gasteiger partial charge in [0.1, 0.15) is 6.29 Å². The van der Waals surface area contributed by atoms with Gasteiger partial charge >= 0.3 is 0 Å². The van der Waals surface area contributed by atoms with Gasteiger partial charge in [-0.05, 0) is 54.3 Å². The Balaban J connectivity index is 2.14. The summed E-state index contributed by atoms with van der Waals surface area (Å²) in [6, 6.07) is 21.0. The van der Waals surface area contributed by atoms with E-state index in [9.17, 15) is 4.79 Å². The van der Waals surface area contributed by atoms with Crippen LogP contribution in [0.4, 0.5) is 0 Å². The first-order chi connectivity index (χ1) is 13.3. The highest BCUT2D eigenvalue weighted by molar-refractivity contribution is 6.11. The van der Waals surface area contributed by atoms with Crippen LogP contribution in [-0.2, 0) is 12.8 Å². The highest BCUT2D eigenvalue weighted by Gasteiger charge is 2.15. The second-order valence-electron chi connectivity index (χ2n) is 6.69. The molecule has 0 saturated heterocycles. The number of allylic oxidation sites excluding steroid dienone is 2. The van der Waals surface area contributed by atoms with Crippen molar-refractivity contribution in [2.45, 2.75) is 12.8 Å². The normalized spacial score (nSPS) is 11.0. The number of benzene rings is 3. The molecule has 0 aliphatic rings. The van der Waals surface area contributed by atoms with Crippen LogP contribution in [0.2, 0.25) is 0 Å². The van der Waals surface area contributed by atoms with Crippen LogP contribution in [0.25, 0.3) is 27.5 Å². The van der Waals surface area contributed by atoms with E-state index in [2.05, 4.69) is 54.1 Å². The number of carbonyl (C=O) groups excluding carboxylic acids is 1. The molecule has 1 heterocycles. The fourth-order valence-corrected chi connectivity index (χ4v) is 3.76. The molecule has 4 aromatic rings. The maximum atomic E-state index is 11.6. The lowest BCUT2D eigenvalue weighted by molar-refractivity contribution is 0.112. The number of carbonyl (C=O) groups is 1.